The van der Waals surface area contributed by atoms with Gasteiger partial charge in [0.05, 0.1) is 0 Å². The van der Waals surface area contributed by atoms with E-state index in [1.54, 1.807) is 19.0 Å². The van der Waals surface area contributed by atoms with Gasteiger partial charge in [-0.25, -0.2) is 0 Å². The number of rotatable bonds is 4. The maximum absolute atomic E-state index is 12.7. The molecule has 0 aliphatic carbocycles. The highest BCUT2D eigenvalue weighted by molar-refractivity contribution is 5.93. The average molecular weight is 339 g/mol. The molecule has 5 nitrogen and oxygen atoms in total. The van der Waals surface area contributed by atoms with E-state index in [1.807, 2.05) is 47.4 Å². The van der Waals surface area contributed by atoms with Gasteiger partial charge in [-0.05, 0) is 36.5 Å². The molecule has 1 N–H and O–H groups in total. The third kappa shape index (κ3) is 4.10. The van der Waals surface area contributed by atoms with E-state index in [2.05, 4.69) is 4.98 Å². The predicted molar refractivity (Wildman–Crippen MR) is 98.2 cm³/mol. The number of likely N-dealkylation sites (tertiary alicyclic amines) is 1. The monoisotopic (exact) mass is 339 g/mol. The second-order valence-corrected chi connectivity index (χ2v) is 6.88. The first-order chi connectivity index (χ1) is 12.0. The van der Waals surface area contributed by atoms with Crippen molar-refractivity contribution in [3.8, 4) is 11.3 Å². The van der Waals surface area contributed by atoms with Crippen molar-refractivity contribution in [2.75, 3.05) is 27.2 Å². The molecule has 1 aromatic heterocycles. The van der Waals surface area contributed by atoms with Gasteiger partial charge in [0.25, 0.3) is 5.91 Å². The first kappa shape index (κ1) is 17.3. The molecule has 2 heterocycles. The van der Waals surface area contributed by atoms with Crippen LogP contribution in [0.4, 0.5) is 0 Å². The molecule has 3 rings (SSSR count). The van der Waals surface area contributed by atoms with Gasteiger partial charge in [0.15, 0.2) is 0 Å². The van der Waals surface area contributed by atoms with Gasteiger partial charge in [-0.1, -0.05) is 30.3 Å². The molecule has 25 heavy (non-hydrogen) atoms. The second kappa shape index (κ2) is 7.55. The van der Waals surface area contributed by atoms with Crippen molar-refractivity contribution in [1.82, 2.24) is 14.8 Å². The minimum absolute atomic E-state index is 0.0413. The highest BCUT2D eigenvalue weighted by Crippen LogP contribution is 2.23. The van der Waals surface area contributed by atoms with E-state index < -0.39 is 0 Å². The van der Waals surface area contributed by atoms with Gasteiger partial charge in [-0.2, -0.15) is 0 Å². The summed E-state index contributed by atoms with van der Waals surface area (Å²) < 4.78 is 0. The van der Waals surface area contributed by atoms with Crippen LogP contribution < -0.4 is 0 Å². The maximum atomic E-state index is 12.7. The van der Waals surface area contributed by atoms with Crippen LogP contribution in [-0.4, -0.2) is 53.8 Å². The summed E-state index contributed by atoms with van der Waals surface area (Å²) in [4.78, 5) is 31.3. The molecular weight excluding hydrogens is 314 g/mol. The number of nitrogens with zero attached hydrogens (tertiary/aromatic N) is 2. The quantitative estimate of drug-likeness (QED) is 0.931. The molecule has 1 fully saturated rings. The van der Waals surface area contributed by atoms with Crippen LogP contribution in [0, 0.1) is 5.92 Å². The average Bonchev–Trinajstić information content (AvgIpc) is 3.12. The zero-order valence-electron chi connectivity index (χ0n) is 14.9. The van der Waals surface area contributed by atoms with E-state index in [0.29, 0.717) is 31.1 Å². The van der Waals surface area contributed by atoms with Crippen molar-refractivity contribution in [1.29, 1.82) is 0 Å². The lowest BCUT2D eigenvalue weighted by molar-refractivity contribution is -0.129. The van der Waals surface area contributed by atoms with Gasteiger partial charge in [0.2, 0.25) is 5.91 Å². The third-order valence-corrected chi connectivity index (χ3v) is 4.87. The Balaban J connectivity index is 1.58. The number of hydrogen-bond acceptors (Lipinski definition) is 2. The Morgan fingerprint density at radius 2 is 1.76 bits per heavy atom. The van der Waals surface area contributed by atoms with Gasteiger partial charge in [-0.3, -0.25) is 9.59 Å². The van der Waals surface area contributed by atoms with Crippen LogP contribution in [0.2, 0.25) is 0 Å². The Morgan fingerprint density at radius 3 is 2.40 bits per heavy atom. The topological polar surface area (TPSA) is 56.4 Å². The van der Waals surface area contributed by atoms with Crippen LogP contribution >= 0.6 is 0 Å². The largest absolute Gasteiger partial charge is 0.351 e. The summed E-state index contributed by atoms with van der Waals surface area (Å²) in [6.07, 6.45) is 2.35. The molecule has 2 amide bonds. The van der Waals surface area contributed by atoms with Crippen LogP contribution in [0.25, 0.3) is 11.3 Å². The summed E-state index contributed by atoms with van der Waals surface area (Å²) in [5, 5.41) is 0. The zero-order valence-corrected chi connectivity index (χ0v) is 14.9. The highest BCUT2D eigenvalue weighted by Gasteiger charge is 2.26. The zero-order chi connectivity index (χ0) is 17.8. The molecule has 5 heteroatoms. The lowest BCUT2D eigenvalue weighted by Gasteiger charge is -2.32. The number of carbonyl (C=O) groups excluding carboxylic acids is 2. The summed E-state index contributed by atoms with van der Waals surface area (Å²) in [7, 11) is 3.58. The summed E-state index contributed by atoms with van der Waals surface area (Å²) in [6, 6.07) is 13.8. The van der Waals surface area contributed by atoms with Crippen LogP contribution in [0.3, 0.4) is 0 Å². The van der Waals surface area contributed by atoms with Gasteiger partial charge < -0.3 is 14.8 Å². The van der Waals surface area contributed by atoms with E-state index in [-0.39, 0.29) is 11.8 Å². The van der Waals surface area contributed by atoms with Crippen molar-refractivity contribution < 1.29 is 9.59 Å². The molecule has 1 aliphatic heterocycles. The van der Waals surface area contributed by atoms with E-state index in [4.69, 9.17) is 0 Å². The van der Waals surface area contributed by atoms with Gasteiger partial charge in [0.1, 0.15) is 5.69 Å². The van der Waals surface area contributed by atoms with E-state index in [1.165, 1.54) is 0 Å². The van der Waals surface area contributed by atoms with Crippen LogP contribution in [-0.2, 0) is 4.79 Å². The molecular formula is C20H25N3O2. The molecule has 1 saturated heterocycles. The molecule has 0 spiro atoms. The third-order valence-electron chi connectivity index (χ3n) is 4.87. The van der Waals surface area contributed by atoms with Crippen molar-refractivity contribution in [2.24, 2.45) is 5.92 Å². The fourth-order valence-corrected chi connectivity index (χ4v) is 3.25. The van der Waals surface area contributed by atoms with Crippen LogP contribution in [0.1, 0.15) is 29.8 Å². The van der Waals surface area contributed by atoms with Crippen molar-refractivity contribution in [3.05, 3.63) is 48.2 Å². The SMILES string of the molecule is CN(C)C(=O)CC1CCN(C(=O)c2ccc(-c3ccccc3)[nH]2)CC1. The highest BCUT2D eigenvalue weighted by atomic mass is 16.2. The number of H-pyrrole nitrogens is 1. The Morgan fingerprint density at radius 1 is 1.08 bits per heavy atom. The van der Waals surface area contributed by atoms with E-state index in [9.17, 15) is 9.59 Å². The Hall–Kier alpha value is -2.56. The first-order valence-corrected chi connectivity index (χ1v) is 8.78. The van der Waals surface area contributed by atoms with Crippen LogP contribution in [0.15, 0.2) is 42.5 Å². The predicted octanol–water partition coefficient (Wildman–Crippen LogP) is 3.01. The second-order valence-electron chi connectivity index (χ2n) is 6.88. The fraction of sp³-hybridized carbons (Fsp3) is 0.400. The number of piperidine rings is 1. The van der Waals surface area contributed by atoms with E-state index >= 15 is 0 Å². The molecule has 1 aromatic carbocycles. The Kier molecular flexibility index (Phi) is 5.22. The minimum Gasteiger partial charge on any atom is -0.351 e. The van der Waals surface area contributed by atoms with Crippen molar-refractivity contribution in [3.63, 3.8) is 0 Å². The summed E-state index contributed by atoms with van der Waals surface area (Å²) in [5.41, 5.74) is 2.65. The number of carbonyl (C=O) groups is 2. The number of hydrogen-bond donors (Lipinski definition) is 1. The molecule has 2 aromatic rings. The van der Waals surface area contributed by atoms with Gasteiger partial charge >= 0.3 is 0 Å². The van der Waals surface area contributed by atoms with Gasteiger partial charge in [-0.15, -0.1) is 0 Å². The molecule has 0 unspecified atom stereocenters. The Labute approximate surface area is 148 Å². The number of amides is 2. The van der Waals surface area contributed by atoms with Gasteiger partial charge in [0, 0.05) is 39.3 Å². The molecule has 0 radical (unpaired) electrons. The lowest BCUT2D eigenvalue weighted by atomic mass is 9.93. The van der Waals surface area contributed by atoms with E-state index in [0.717, 1.165) is 24.1 Å². The number of aromatic nitrogens is 1. The first-order valence-electron chi connectivity index (χ1n) is 8.78. The van der Waals surface area contributed by atoms with Crippen molar-refractivity contribution in [2.45, 2.75) is 19.3 Å². The summed E-state index contributed by atoms with van der Waals surface area (Å²) in [5.74, 6) is 0.587. The summed E-state index contributed by atoms with van der Waals surface area (Å²) in [6.45, 7) is 1.42. The summed E-state index contributed by atoms with van der Waals surface area (Å²) >= 11 is 0. The molecule has 1 aliphatic rings. The van der Waals surface area contributed by atoms with Crippen LogP contribution in [0.5, 0.6) is 0 Å². The minimum atomic E-state index is 0.0413. The standard InChI is InChI=1S/C20H25N3O2/c1-22(2)19(24)14-15-10-12-23(13-11-15)20(25)18-9-8-17(21-18)16-6-4-3-5-7-16/h3-9,15,21H,10-14H2,1-2H3. The fourth-order valence-electron chi connectivity index (χ4n) is 3.25. The lowest BCUT2D eigenvalue weighted by Crippen LogP contribution is -2.39. The van der Waals surface area contributed by atoms with Crippen molar-refractivity contribution >= 4 is 11.8 Å². The molecule has 0 saturated carbocycles. The smallest absolute Gasteiger partial charge is 0.270 e. The molecule has 132 valence electrons. The Bertz CT molecular complexity index is 728. The number of benzene rings is 1. The number of nitrogens with one attached hydrogen (secondary N) is 1. The molecule has 0 atom stereocenters. The normalized spacial score (nSPS) is 15.2. The molecule has 0 bridgehead atoms. The maximum Gasteiger partial charge on any atom is 0.270 e. The number of aromatic amines is 1.